The summed E-state index contributed by atoms with van der Waals surface area (Å²) in [5, 5.41) is 0.255. The number of carbonyl (C=O) groups excluding carboxylic acids is 2. The number of ether oxygens (including phenoxy) is 2. The molecule has 2 rings (SSSR count). The molecule has 24 heavy (non-hydrogen) atoms. The summed E-state index contributed by atoms with van der Waals surface area (Å²) in [6.07, 6.45) is 6.80. The lowest BCUT2D eigenvalue weighted by atomic mass is 10.1. The number of nitrogens with zero attached hydrogens (tertiary/aromatic N) is 2. The molecule has 1 aliphatic rings. The Balaban J connectivity index is 2.27. The average Bonchev–Trinajstić information content (AvgIpc) is 2.79. The van der Waals surface area contributed by atoms with E-state index in [1.807, 2.05) is 0 Å². The fourth-order valence-electron chi connectivity index (χ4n) is 2.09. The molecule has 0 atom stereocenters. The number of thiocarbonyl (C=S) groups is 1. The molecule has 124 valence electrons. The van der Waals surface area contributed by atoms with Crippen LogP contribution in [0.2, 0.25) is 0 Å². The van der Waals surface area contributed by atoms with Crippen LogP contribution in [0.15, 0.2) is 30.0 Å². The van der Waals surface area contributed by atoms with E-state index >= 15 is 0 Å². The average molecular weight is 344 g/mol. The van der Waals surface area contributed by atoms with Crippen molar-refractivity contribution in [2.45, 2.75) is 0 Å². The highest BCUT2D eigenvalue weighted by Gasteiger charge is 2.36. The van der Waals surface area contributed by atoms with Crippen molar-refractivity contribution in [2.75, 3.05) is 27.3 Å². The third-order valence-corrected chi connectivity index (χ3v) is 3.85. The molecule has 1 heterocycles. The van der Waals surface area contributed by atoms with Gasteiger partial charge in [-0.3, -0.25) is 14.5 Å². The molecule has 0 unspecified atom stereocenters. The Bertz CT molecular complexity index is 734. The van der Waals surface area contributed by atoms with E-state index in [0.717, 1.165) is 5.56 Å². The SMILES string of the molecule is C#CCOc1ccc(C=C2C(=O)N(C)C(=S)N2CC(=O)OC)cc1. The topological polar surface area (TPSA) is 59.1 Å². The molecule has 7 heteroatoms. The Labute approximate surface area is 145 Å². The number of likely N-dealkylation sites (N-methyl/N-ethyl adjacent to an activating group) is 1. The molecular formula is C17H16N2O4S. The molecule has 0 bridgehead atoms. The van der Waals surface area contributed by atoms with E-state index in [4.69, 9.17) is 23.4 Å². The Hall–Kier alpha value is -2.85. The summed E-state index contributed by atoms with van der Waals surface area (Å²) in [5.74, 6) is 2.25. The van der Waals surface area contributed by atoms with Gasteiger partial charge in [-0.2, -0.15) is 0 Å². The summed E-state index contributed by atoms with van der Waals surface area (Å²) >= 11 is 5.21. The Morgan fingerprint density at radius 3 is 2.62 bits per heavy atom. The van der Waals surface area contributed by atoms with Crippen molar-refractivity contribution >= 4 is 35.3 Å². The summed E-state index contributed by atoms with van der Waals surface area (Å²) in [5.41, 5.74) is 1.07. The van der Waals surface area contributed by atoms with E-state index in [9.17, 15) is 9.59 Å². The first-order chi connectivity index (χ1) is 11.5. The van der Waals surface area contributed by atoms with Crippen LogP contribution in [-0.2, 0) is 14.3 Å². The fourth-order valence-corrected chi connectivity index (χ4v) is 2.33. The van der Waals surface area contributed by atoms with Gasteiger partial charge in [0.1, 0.15) is 24.6 Å². The van der Waals surface area contributed by atoms with Gasteiger partial charge in [0.2, 0.25) is 0 Å². The van der Waals surface area contributed by atoms with Crippen LogP contribution in [0.25, 0.3) is 6.08 Å². The summed E-state index contributed by atoms with van der Waals surface area (Å²) in [7, 11) is 2.85. The third-order valence-electron chi connectivity index (χ3n) is 3.35. The number of hydrogen-bond acceptors (Lipinski definition) is 5. The van der Waals surface area contributed by atoms with Gasteiger partial charge in [0, 0.05) is 7.05 Å². The molecule has 1 aromatic rings. The smallest absolute Gasteiger partial charge is 0.325 e. The molecule has 0 spiro atoms. The summed E-state index contributed by atoms with van der Waals surface area (Å²) in [6.45, 7) is 0.0610. The van der Waals surface area contributed by atoms with Crippen LogP contribution in [-0.4, -0.2) is 54.1 Å². The zero-order valence-electron chi connectivity index (χ0n) is 13.3. The maximum Gasteiger partial charge on any atom is 0.325 e. The highest BCUT2D eigenvalue weighted by atomic mass is 32.1. The van der Waals surface area contributed by atoms with Gasteiger partial charge in [-0.05, 0) is 36.0 Å². The molecule has 1 saturated heterocycles. The van der Waals surface area contributed by atoms with Crippen LogP contribution in [0.5, 0.6) is 5.75 Å². The fraction of sp³-hybridized carbons (Fsp3) is 0.235. The minimum Gasteiger partial charge on any atom is -0.481 e. The number of terminal acetylenes is 1. The minimum absolute atomic E-state index is 0.124. The number of carbonyl (C=O) groups is 2. The molecule has 1 fully saturated rings. The molecule has 1 aliphatic heterocycles. The largest absolute Gasteiger partial charge is 0.481 e. The predicted octanol–water partition coefficient (Wildman–Crippen LogP) is 1.27. The lowest BCUT2D eigenvalue weighted by molar-refractivity contribution is -0.140. The van der Waals surface area contributed by atoms with Crippen molar-refractivity contribution in [3.63, 3.8) is 0 Å². The molecule has 6 nitrogen and oxygen atoms in total. The molecule has 0 aliphatic carbocycles. The first kappa shape index (κ1) is 17.5. The van der Waals surface area contributed by atoms with Crippen LogP contribution in [0, 0.1) is 12.3 Å². The minimum atomic E-state index is -0.482. The van der Waals surface area contributed by atoms with E-state index in [1.54, 1.807) is 37.4 Å². The van der Waals surface area contributed by atoms with Crippen LogP contribution in [0.4, 0.5) is 0 Å². The molecular weight excluding hydrogens is 328 g/mol. The van der Waals surface area contributed by atoms with Gasteiger partial charge < -0.3 is 14.4 Å². The second-order valence-electron chi connectivity index (χ2n) is 4.90. The quantitative estimate of drug-likeness (QED) is 0.347. The van der Waals surface area contributed by atoms with Crippen LogP contribution < -0.4 is 4.74 Å². The lowest BCUT2D eigenvalue weighted by Gasteiger charge is -2.16. The van der Waals surface area contributed by atoms with Gasteiger partial charge in [-0.1, -0.05) is 18.1 Å². The van der Waals surface area contributed by atoms with Crippen LogP contribution in [0.3, 0.4) is 0 Å². The third kappa shape index (κ3) is 3.73. The van der Waals surface area contributed by atoms with Crippen molar-refractivity contribution in [3.8, 4) is 18.1 Å². The van der Waals surface area contributed by atoms with Crippen LogP contribution in [0.1, 0.15) is 5.56 Å². The molecule has 0 aromatic heterocycles. The number of rotatable bonds is 5. The number of methoxy groups -OCH3 is 1. The Morgan fingerprint density at radius 2 is 2.04 bits per heavy atom. The zero-order valence-corrected chi connectivity index (χ0v) is 14.1. The second-order valence-corrected chi connectivity index (χ2v) is 5.27. The molecule has 1 amide bonds. The molecule has 0 radical (unpaired) electrons. The van der Waals surface area contributed by atoms with Crippen molar-refractivity contribution in [1.82, 2.24) is 9.80 Å². The highest BCUT2D eigenvalue weighted by Crippen LogP contribution is 2.23. The number of esters is 1. The maximum absolute atomic E-state index is 12.3. The van der Waals surface area contributed by atoms with Gasteiger partial charge in [0.05, 0.1) is 7.11 Å². The van der Waals surface area contributed by atoms with Gasteiger partial charge >= 0.3 is 5.97 Å². The summed E-state index contributed by atoms with van der Waals surface area (Å²) in [6, 6.07) is 7.05. The van der Waals surface area contributed by atoms with E-state index in [1.165, 1.54) is 16.9 Å². The number of benzene rings is 1. The van der Waals surface area contributed by atoms with Crippen molar-refractivity contribution in [1.29, 1.82) is 0 Å². The Kier molecular flexibility index (Phi) is 5.55. The number of hydrogen-bond donors (Lipinski definition) is 0. The van der Waals surface area contributed by atoms with Gasteiger partial charge in [0.25, 0.3) is 5.91 Å². The van der Waals surface area contributed by atoms with E-state index in [-0.39, 0.29) is 24.2 Å². The van der Waals surface area contributed by atoms with Gasteiger partial charge in [0.15, 0.2) is 5.11 Å². The number of amides is 1. The van der Waals surface area contributed by atoms with Crippen molar-refractivity contribution in [2.24, 2.45) is 0 Å². The molecule has 1 aromatic carbocycles. The van der Waals surface area contributed by atoms with Crippen LogP contribution >= 0.6 is 12.2 Å². The normalized spacial score (nSPS) is 15.6. The van der Waals surface area contributed by atoms with E-state index < -0.39 is 5.97 Å². The van der Waals surface area contributed by atoms with Crippen molar-refractivity contribution < 1.29 is 19.1 Å². The maximum atomic E-state index is 12.3. The summed E-state index contributed by atoms with van der Waals surface area (Å²) in [4.78, 5) is 26.7. The monoisotopic (exact) mass is 344 g/mol. The van der Waals surface area contributed by atoms with E-state index in [2.05, 4.69) is 10.7 Å². The van der Waals surface area contributed by atoms with Gasteiger partial charge in [-0.25, -0.2) is 0 Å². The summed E-state index contributed by atoms with van der Waals surface area (Å²) < 4.78 is 9.95. The predicted molar refractivity (Wildman–Crippen MR) is 92.8 cm³/mol. The van der Waals surface area contributed by atoms with E-state index in [0.29, 0.717) is 11.4 Å². The molecule has 0 N–H and O–H groups in total. The lowest BCUT2D eigenvalue weighted by Crippen LogP contribution is -2.33. The highest BCUT2D eigenvalue weighted by molar-refractivity contribution is 7.80. The first-order valence-electron chi connectivity index (χ1n) is 7.02. The first-order valence-corrected chi connectivity index (χ1v) is 7.43. The Morgan fingerprint density at radius 1 is 1.38 bits per heavy atom. The standard InChI is InChI=1S/C17H16N2O4S/c1-4-9-23-13-7-5-12(6-8-13)10-14-16(21)18(2)17(24)19(14)11-15(20)22-3/h1,5-8,10H,9,11H2,2-3H3. The zero-order chi connectivity index (χ0) is 17.7. The van der Waals surface area contributed by atoms with Crippen molar-refractivity contribution in [3.05, 3.63) is 35.5 Å². The van der Waals surface area contributed by atoms with Gasteiger partial charge in [-0.15, -0.1) is 6.42 Å². The second kappa shape index (κ2) is 7.62. The molecule has 0 saturated carbocycles.